The monoisotopic (exact) mass is 286 g/mol. The number of hydrogen-bond acceptors (Lipinski definition) is 3. The zero-order chi connectivity index (χ0) is 15.1. The Kier molecular flexibility index (Phi) is 6.07. The highest BCUT2D eigenvalue weighted by Gasteiger charge is 2.24. The van der Waals surface area contributed by atoms with Crippen LogP contribution in [0.2, 0.25) is 0 Å². The molecule has 1 N–H and O–H groups in total. The third-order valence-electron chi connectivity index (χ3n) is 4.44. The molecule has 0 spiro atoms. The van der Waals surface area contributed by atoms with Crippen LogP contribution in [0.25, 0.3) is 0 Å². The SMILES string of the molecule is CCCN(CCCCC#N)[C@H]1CCc2c(O)cccc2C1. The molecule has 1 aromatic rings. The van der Waals surface area contributed by atoms with Crippen molar-refractivity contribution in [2.24, 2.45) is 0 Å². The van der Waals surface area contributed by atoms with Crippen molar-refractivity contribution in [3.63, 3.8) is 0 Å². The molecule has 0 aliphatic heterocycles. The molecule has 1 atom stereocenters. The van der Waals surface area contributed by atoms with E-state index in [9.17, 15) is 5.11 Å². The van der Waals surface area contributed by atoms with E-state index in [0.717, 1.165) is 50.8 Å². The van der Waals surface area contributed by atoms with Gasteiger partial charge in [0, 0.05) is 12.5 Å². The van der Waals surface area contributed by atoms with Crippen molar-refractivity contribution < 1.29 is 5.11 Å². The van der Waals surface area contributed by atoms with Crippen LogP contribution in [-0.4, -0.2) is 29.1 Å². The van der Waals surface area contributed by atoms with Crippen LogP contribution in [0.4, 0.5) is 0 Å². The summed E-state index contributed by atoms with van der Waals surface area (Å²) in [5.41, 5.74) is 2.46. The largest absolute Gasteiger partial charge is 0.508 e. The van der Waals surface area contributed by atoms with Crippen molar-refractivity contribution in [3.05, 3.63) is 29.3 Å². The van der Waals surface area contributed by atoms with Crippen LogP contribution in [-0.2, 0) is 12.8 Å². The predicted molar refractivity (Wildman–Crippen MR) is 85.2 cm³/mol. The third kappa shape index (κ3) is 4.22. The highest BCUT2D eigenvalue weighted by molar-refractivity contribution is 5.41. The molecule has 1 aliphatic rings. The lowest BCUT2D eigenvalue weighted by Crippen LogP contribution is -2.40. The first-order valence-corrected chi connectivity index (χ1v) is 8.17. The summed E-state index contributed by atoms with van der Waals surface area (Å²) in [6.07, 6.45) is 7.09. The molecule has 0 fully saturated rings. The van der Waals surface area contributed by atoms with Crippen LogP contribution >= 0.6 is 0 Å². The summed E-state index contributed by atoms with van der Waals surface area (Å²) >= 11 is 0. The van der Waals surface area contributed by atoms with E-state index in [1.807, 2.05) is 6.07 Å². The van der Waals surface area contributed by atoms with Crippen molar-refractivity contribution in [1.29, 1.82) is 5.26 Å². The summed E-state index contributed by atoms with van der Waals surface area (Å²) in [5, 5.41) is 18.6. The molecule has 0 amide bonds. The molecule has 1 aromatic carbocycles. The fourth-order valence-corrected chi connectivity index (χ4v) is 3.36. The number of nitriles is 1. The number of nitrogens with zero attached hydrogens (tertiary/aromatic N) is 2. The number of benzene rings is 1. The summed E-state index contributed by atoms with van der Waals surface area (Å²) in [6, 6.07) is 8.71. The van der Waals surface area contributed by atoms with Gasteiger partial charge in [0.2, 0.25) is 0 Å². The fourth-order valence-electron chi connectivity index (χ4n) is 3.36. The maximum atomic E-state index is 9.94. The second-order valence-corrected chi connectivity index (χ2v) is 5.96. The molecule has 114 valence electrons. The van der Waals surface area contributed by atoms with Gasteiger partial charge in [-0.25, -0.2) is 0 Å². The number of phenols is 1. The molecule has 0 bridgehead atoms. The van der Waals surface area contributed by atoms with Crippen molar-refractivity contribution in [2.75, 3.05) is 13.1 Å². The second kappa shape index (κ2) is 8.05. The van der Waals surface area contributed by atoms with Crippen molar-refractivity contribution >= 4 is 0 Å². The Hall–Kier alpha value is -1.53. The van der Waals surface area contributed by atoms with Crippen LogP contribution in [0.15, 0.2) is 18.2 Å². The van der Waals surface area contributed by atoms with Gasteiger partial charge in [0.15, 0.2) is 0 Å². The first kappa shape index (κ1) is 15.9. The molecule has 2 rings (SSSR count). The molecule has 21 heavy (non-hydrogen) atoms. The van der Waals surface area contributed by atoms with Gasteiger partial charge < -0.3 is 10.0 Å². The maximum absolute atomic E-state index is 9.94. The van der Waals surface area contributed by atoms with Crippen molar-refractivity contribution in [2.45, 2.75) is 57.9 Å². The average Bonchev–Trinajstić information content (AvgIpc) is 2.50. The van der Waals surface area contributed by atoms with Crippen LogP contribution in [0.3, 0.4) is 0 Å². The number of hydrogen-bond donors (Lipinski definition) is 1. The zero-order valence-electron chi connectivity index (χ0n) is 13.0. The topological polar surface area (TPSA) is 47.3 Å². The Bertz CT molecular complexity index is 492. The second-order valence-electron chi connectivity index (χ2n) is 5.96. The van der Waals surface area contributed by atoms with Gasteiger partial charge in [0.25, 0.3) is 0 Å². The summed E-state index contributed by atoms with van der Waals surface area (Å²) in [7, 11) is 0. The Morgan fingerprint density at radius 1 is 1.33 bits per heavy atom. The minimum absolute atomic E-state index is 0.460. The van der Waals surface area contributed by atoms with E-state index in [2.05, 4.69) is 24.0 Å². The summed E-state index contributed by atoms with van der Waals surface area (Å²) < 4.78 is 0. The Balaban J connectivity index is 1.97. The van der Waals surface area contributed by atoms with Gasteiger partial charge in [-0.15, -0.1) is 0 Å². The number of aromatic hydroxyl groups is 1. The van der Waals surface area contributed by atoms with Gasteiger partial charge in [-0.05, 0) is 68.8 Å². The van der Waals surface area contributed by atoms with E-state index >= 15 is 0 Å². The lowest BCUT2D eigenvalue weighted by molar-refractivity contribution is 0.176. The maximum Gasteiger partial charge on any atom is 0.119 e. The van der Waals surface area contributed by atoms with Crippen LogP contribution in [0.1, 0.15) is 50.2 Å². The number of rotatable bonds is 7. The van der Waals surface area contributed by atoms with E-state index in [1.165, 1.54) is 12.0 Å². The summed E-state index contributed by atoms with van der Waals surface area (Å²) in [6.45, 7) is 4.45. The van der Waals surface area contributed by atoms with E-state index < -0.39 is 0 Å². The molecule has 3 heteroatoms. The van der Waals surface area contributed by atoms with Crippen molar-refractivity contribution in [3.8, 4) is 11.8 Å². The van der Waals surface area contributed by atoms with E-state index in [-0.39, 0.29) is 0 Å². The molecule has 3 nitrogen and oxygen atoms in total. The lowest BCUT2D eigenvalue weighted by Gasteiger charge is -2.35. The molecule has 0 heterocycles. The quantitative estimate of drug-likeness (QED) is 0.778. The van der Waals surface area contributed by atoms with Gasteiger partial charge in [-0.3, -0.25) is 0 Å². The third-order valence-corrected chi connectivity index (χ3v) is 4.44. The smallest absolute Gasteiger partial charge is 0.119 e. The minimum Gasteiger partial charge on any atom is -0.508 e. The van der Waals surface area contributed by atoms with Gasteiger partial charge in [-0.2, -0.15) is 5.26 Å². The Labute approximate surface area is 128 Å². The molecular weight excluding hydrogens is 260 g/mol. The van der Waals surface area contributed by atoms with Gasteiger partial charge in [-0.1, -0.05) is 19.1 Å². The normalized spacial score (nSPS) is 17.5. The van der Waals surface area contributed by atoms with Crippen LogP contribution in [0.5, 0.6) is 5.75 Å². The molecule has 0 saturated heterocycles. The molecule has 0 radical (unpaired) electrons. The fraction of sp³-hybridized carbons (Fsp3) is 0.611. The summed E-state index contributed by atoms with van der Waals surface area (Å²) in [5.74, 6) is 0.460. The Morgan fingerprint density at radius 2 is 2.19 bits per heavy atom. The first-order chi connectivity index (χ1) is 10.3. The average molecular weight is 286 g/mol. The molecule has 0 unspecified atom stereocenters. The number of unbranched alkanes of at least 4 members (excludes halogenated alkanes) is 2. The van der Waals surface area contributed by atoms with Crippen LogP contribution < -0.4 is 0 Å². The molecular formula is C18H26N2O. The van der Waals surface area contributed by atoms with Gasteiger partial charge in [0.1, 0.15) is 5.75 Å². The number of fused-ring (bicyclic) bond motifs is 1. The molecule has 0 saturated carbocycles. The Morgan fingerprint density at radius 3 is 2.95 bits per heavy atom. The highest BCUT2D eigenvalue weighted by atomic mass is 16.3. The highest BCUT2D eigenvalue weighted by Crippen LogP contribution is 2.30. The summed E-state index contributed by atoms with van der Waals surface area (Å²) in [4.78, 5) is 2.59. The van der Waals surface area contributed by atoms with E-state index in [4.69, 9.17) is 5.26 Å². The lowest BCUT2D eigenvalue weighted by atomic mass is 9.86. The molecule has 0 aromatic heterocycles. The van der Waals surface area contributed by atoms with Crippen LogP contribution in [0, 0.1) is 11.3 Å². The predicted octanol–water partition coefficient (Wildman–Crippen LogP) is 3.66. The van der Waals surface area contributed by atoms with E-state index in [1.54, 1.807) is 6.07 Å². The molecule has 1 aliphatic carbocycles. The van der Waals surface area contributed by atoms with Gasteiger partial charge >= 0.3 is 0 Å². The van der Waals surface area contributed by atoms with Gasteiger partial charge in [0.05, 0.1) is 6.07 Å². The first-order valence-electron chi connectivity index (χ1n) is 8.17. The van der Waals surface area contributed by atoms with Crippen molar-refractivity contribution in [1.82, 2.24) is 4.90 Å². The standard InChI is InChI=1S/C18H26N2O/c1-2-12-20(13-5-3-4-11-19)16-9-10-17-15(14-16)7-6-8-18(17)21/h6-8,16,21H,2-5,9-10,12-14H2,1H3/t16-/m0/s1. The number of phenolic OH excluding ortho intramolecular Hbond substituents is 1. The minimum atomic E-state index is 0.460. The van der Waals surface area contributed by atoms with E-state index in [0.29, 0.717) is 18.2 Å². The zero-order valence-corrected chi connectivity index (χ0v) is 13.0.